The Bertz CT molecular complexity index is 897. The third-order valence-corrected chi connectivity index (χ3v) is 4.14. The Morgan fingerprint density at radius 1 is 1.18 bits per heavy atom. The van der Waals surface area contributed by atoms with Crippen LogP contribution in [0.3, 0.4) is 0 Å². The van der Waals surface area contributed by atoms with Crippen LogP contribution in [0.2, 0.25) is 0 Å². The van der Waals surface area contributed by atoms with Crippen LogP contribution < -0.4 is 10.6 Å². The van der Waals surface area contributed by atoms with Crippen LogP contribution in [0.25, 0.3) is 6.08 Å². The van der Waals surface area contributed by atoms with E-state index in [9.17, 15) is 19.7 Å². The number of rotatable bonds is 8. The monoisotopic (exact) mass is 447 g/mol. The van der Waals surface area contributed by atoms with Crippen molar-refractivity contribution in [1.29, 1.82) is 0 Å². The van der Waals surface area contributed by atoms with Crippen molar-refractivity contribution in [3.05, 3.63) is 79.9 Å². The summed E-state index contributed by atoms with van der Waals surface area (Å²) in [5.41, 5.74) is 0.535. The van der Waals surface area contributed by atoms with Gasteiger partial charge in [0.25, 0.3) is 17.5 Å². The number of amides is 2. The number of carbonyl (C=O) groups is 2. The molecule has 0 saturated carbocycles. The number of aliphatic hydroxyl groups excluding tert-OH is 1. The van der Waals surface area contributed by atoms with E-state index in [1.807, 2.05) is 0 Å². The predicted molar refractivity (Wildman–Crippen MR) is 107 cm³/mol. The minimum Gasteiger partial charge on any atom is -0.396 e. The highest BCUT2D eigenvalue weighted by molar-refractivity contribution is 9.10. The maximum atomic E-state index is 12.5. The minimum absolute atomic E-state index is 0.0636. The highest BCUT2D eigenvalue weighted by Crippen LogP contribution is 2.16. The normalized spacial score (nSPS) is 11.0. The summed E-state index contributed by atoms with van der Waals surface area (Å²) in [6, 6.07) is 12.3. The van der Waals surface area contributed by atoms with Crippen LogP contribution in [-0.2, 0) is 4.79 Å². The molecular formula is C19H18BrN3O5. The van der Waals surface area contributed by atoms with Crippen molar-refractivity contribution in [1.82, 2.24) is 10.6 Å². The number of carbonyl (C=O) groups excluding carboxylic acids is 2. The summed E-state index contributed by atoms with van der Waals surface area (Å²) in [5.74, 6) is -1.06. The van der Waals surface area contributed by atoms with Crippen molar-refractivity contribution in [3.8, 4) is 0 Å². The van der Waals surface area contributed by atoms with Gasteiger partial charge in [-0.3, -0.25) is 19.7 Å². The molecule has 0 bridgehead atoms. The molecule has 0 saturated heterocycles. The molecule has 146 valence electrons. The van der Waals surface area contributed by atoms with Gasteiger partial charge in [0.05, 0.1) is 4.92 Å². The Balaban J connectivity index is 2.29. The largest absolute Gasteiger partial charge is 0.396 e. The first-order valence-electron chi connectivity index (χ1n) is 8.33. The van der Waals surface area contributed by atoms with E-state index in [1.54, 1.807) is 30.3 Å². The Labute approximate surface area is 169 Å². The average molecular weight is 448 g/mol. The number of benzene rings is 2. The second kappa shape index (κ2) is 10.3. The highest BCUT2D eigenvalue weighted by Gasteiger charge is 2.15. The minimum atomic E-state index is -0.564. The van der Waals surface area contributed by atoms with E-state index in [2.05, 4.69) is 26.6 Å². The number of non-ortho nitro benzene ring substituents is 1. The summed E-state index contributed by atoms with van der Waals surface area (Å²) in [7, 11) is 0. The summed E-state index contributed by atoms with van der Waals surface area (Å²) in [6.07, 6.45) is 1.72. The van der Waals surface area contributed by atoms with Crippen molar-refractivity contribution >= 4 is 39.5 Å². The molecule has 0 atom stereocenters. The van der Waals surface area contributed by atoms with E-state index in [1.165, 1.54) is 24.3 Å². The molecule has 28 heavy (non-hydrogen) atoms. The van der Waals surface area contributed by atoms with Crippen LogP contribution in [-0.4, -0.2) is 35.0 Å². The van der Waals surface area contributed by atoms with E-state index in [-0.39, 0.29) is 24.5 Å². The zero-order valence-corrected chi connectivity index (χ0v) is 16.3. The summed E-state index contributed by atoms with van der Waals surface area (Å²) in [6.45, 7) is 0.130. The van der Waals surface area contributed by atoms with Crippen molar-refractivity contribution in [2.24, 2.45) is 0 Å². The smallest absolute Gasteiger partial charge is 0.270 e. The van der Waals surface area contributed by atoms with Gasteiger partial charge >= 0.3 is 0 Å². The number of hydrogen-bond acceptors (Lipinski definition) is 5. The van der Waals surface area contributed by atoms with E-state index in [0.717, 1.165) is 4.47 Å². The molecule has 8 nitrogen and oxygen atoms in total. The molecule has 0 radical (unpaired) electrons. The van der Waals surface area contributed by atoms with E-state index < -0.39 is 16.7 Å². The fraction of sp³-hybridized carbons (Fsp3) is 0.158. The molecule has 3 N–H and O–H groups in total. The van der Waals surface area contributed by atoms with Gasteiger partial charge in [0.1, 0.15) is 5.70 Å². The lowest BCUT2D eigenvalue weighted by Gasteiger charge is -2.11. The Morgan fingerprint density at radius 3 is 2.54 bits per heavy atom. The van der Waals surface area contributed by atoms with Gasteiger partial charge in [-0.05, 0) is 42.3 Å². The molecule has 2 aromatic rings. The number of nitro benzene ring substituents is 1. The number of hydrogen-bond donors (Lipinski definition) is 3. The molecule has 0 aliphatic carbocycles. The van der Waals surface area contributed by atoms with Gasteiger partial charge in [-0.15, -0.1) is 0 Å². The number of halogens is 1. The summed E-state index contributed by atoms with van der Waals surface area (Å²) in [5, 5.41) is 24.9. The molecule has 0 aliphatic heterocycles. The molecule has 0 aliphatic rings. The first-order chi connectivity index (χ1) is 13.4. The lowest BCUT2D eigenvalue weighted by Crippen LogP contribution is -2.35. The molecule has 2 rings (SSSR count). The van der Waals surface area contributed by atoms with Gasteiger partial charge in [0.2, 0.25) is 0 Å². The molecule has 0 fully saturated rings. The van der Waals surface area contributed by atoms with Crippen molar-refractivity contribution in [2.45, 2.75) is 6.42 Å². The maximum absolute atomic E-state index is 12.5. The number of nitrogens with zero attached hydrogens (tertiary/aromatic N) is 1. The van der Waals surface area contributed by atoms with Crippen molar-refractivity contribution < 1.29 is 19.6 Å². The average Bonchev–Trinajstić information content (AvgIpc) is 2.68. The zero-order chi connectivity index (χ0) is 20.5. The molecule has 2 aromatic carbocycles. The Morgan fingerprint density at radius 2 is 1.89 bits per heavy atom. The van der Waals surface area contributed by atoms with Crippen LogP contribution in [0.15, 0.2) is 58.7 Å². The van der Waals surface area contributed by atoms with E-state index in [0.29, 0.717) is 17.5 Å². The van der Waals surface area contributed by atoms with Crippen LogP contribution in [0.5, 0.6) is 0 Å². The lowest BCUT2D eigenvalue weighted by atomic mass is 10.1. The third-order valence-electron chi connectivity index (χ3n) is 3.61. The van der Waals surface area contributed by atoms with Crippen molar-refractivity contribution in [2.75, 3.05) is 13.2 Å². The lowest BCUT2D eigenvalue weighted by molar-refractivity contribution is -0.384. The first-order valence-corrected chi connectivity index (χ1v) is 9.12. The fourth-order valence-electron chi connectivity index (χ4n) is 2.23. The van der Waals surface area contributed by atoms with Crippen LogP contribution in [0.1, 0.15) is 22.3 Å². The van der Waals surface area contributed by atoms with Gasteiger partial charge in [0, 0.05) is 35.3 Å². The fourth-order valence-corrected chi connectivity index (χ4v) is 2.49. The van der Waals surface area contributed by atoms with Crippen LogP contribution in [0, 0.1) is 10.1 Å². The SMILES string of the molecule is O=C(NCCCO)C(=Cc1cccc([N+](=O)[O-])c1)NC(=O)c1ccc(Br)cc1. The second-order valence-corrected chi connectivity index (χ2v) is 6.62. The molecular weight excluding hydrogens is 430 g/mol. The summed E-state index contributed by atoms with van der Waals surface area (Å²) < 4.78 is 0.804. The van der Waals surface area contributed by atoms with Gasteiger partial charge in [-0.1, -0.05) is 28.1 Å². The van der Waals surface area contributed by atoms with Crippen molar-refractivity contribution in [3.63, 3.8) is 0 Å². The zero-order valence-electron chi connectivity index (χ0n) is 14.7. The maximum Gasteiger partial charge on any atom is 0.270 e. The molecule has 0 aromatic heterocycles. The molecule has 0 heterocycles. The second-order valence-electron chi connectivity index (χ2n) is 5.70. The number of nitrogens with one attached hydrogen (secondary N) is 2. The standard InChI is InChI=1S/C19H18BrN3O5/c20-15-7-5-14(6-8-15)18(25)22-17(19(26)21-9-2-10-24)12-13-3-1-4-16(11-13)23(27)28/h1,3-8,11-12,24H,2,9-10H2,(H,21,26)(H,22,25). The Hall–Kier alpha value is -3.04. The quantitative estimate of drug-likeness (QED) is 0.248. The number of nitro groups is 1. The van der Waals surface area contributed by atoms with Gasteiger partial charge < -0.3 is 15.7 Å². The highest BCUT2D eigenvalue weighted by atomic mass is 79.9. The van der Waals surface area contributed by atoms with Crippen LogP contribution >= 0.6 is 15.9 Å². The Kier molecular flexibility index (Phi) is 7.85. The third kappa shape index (κ3) is 6.29. The van der Waals surface area contributed by atoms with Crippen LogP contribution in [0.4, 0.5) is 5.69 Å². The van der Waals surface area contributed by atoms with Gasteiger partial charge in [-0.2, -0.15) is 0 Å². The predicted octanol–water partition coefficient (Wildman–Crippen LogP) is 2.63. The van der Waals surface area contributed by atoms with E-state index >= 15 is 0 Å². The molecule has 2 amide bonds. The molecule has 0 spiro atoms. The van der Waals surface area contributed by atoms with Gasteiger partial charge in [-0.25, -0.2) is 0 Å². The number of aliphatic hydroxyl groups is 1. The van der Waals surface area contributed by atoms with Gasteiger partial charge in [0.15, 0.2) is 0 Å². The molecule has 0 unspecified atom stereocenters. The summed E-state index contributed by atoms with van der Waals surface area (Å²) >= 11 is 3.28. The first kappa shape index (κ1) is 21.3. The van der Waals surface area contributed by atoms with E-state index in [4.69, 9.17) is 5.11 Å². The molecule has 9 heteroatoms. The summed E-state index contributed by atoms with van der Waals surface area (Å²) in [4.78, 5) is 35.3. The topological polar surface area (TPSA) is 122 Å².